The number of fused-ring (bicyclic) bond motifs is 1. The van der Waals surface area contributed by atoms with E-state index in [4.69, 9.17) is 0 Å². The molecule has 0 saturated carbocycles. The first-order valence-electron chi connectivity index (χ1n) is 8.46. The van der Waals surface area contributed by atoms with Gasteiger partial charge in [0.05, 0.1) is 11.9 Å². The second-order valence-electron chi connectivity index (χ2n) is 6.33. The van der Waals surface area contributed by atoms with Gasteiger partial charge in [-0.2, -0.15) is 5.10 Å². The van der Waals surface area contributed by atoms with Crippen molar-refractivity contribution < 1.29 is 0 Å². The molecule has 3 aromatic rings. The number of likely N-dealkylation sites (tertiary alicyclic amines) is 1. The van der Waals surface area contributed by atoms with E-state index in [9.17, 15) is 0 Å². The highest BCUT2D eigenvalue weighted by atomic mass is 15.2. The Kier molecular flexibility index (Phi) is 3.83. The summed E-state index contributed by atoms with van der Waals surface area (Å²) >= 11 is 0. The van der Waals surface area contributed by atoms with Gasteiger partial charge in [0.25, 0.3) is 0 Å². The van der Waals surface area contributed by atoms with Gasteiger partial charge < -0.3 is 0 Å². The molecule has 0 N–H and O–H groups in total. The van der Waals surface area contributed by atoms with Crippen LogP contribution in [-0.2, 0) is 0 Å². The lowest BCUT2D eigenvalue weighted by molar-refractivity contribution is 0.175. The summed E-state index contributed by atoms with van der Waals surface area (Å²) in [5.41, 5.74) is 4.47. The van der Waals surface area contributed by atoms with Gasteiger partial charge in [0.2, 0.25) is 0 Å². The van der Waals surface area contributed by atoms with Crippen LogP contribution in [0.25, 0.3) is 16.9 Å². The van der Waals surface area contributed by atoms with E-state index >= 15 is 0 Å². The first-order valence-corrected chi connectivity index (χ1v) is 8.46. The lowest BCUT2D eigenvalue weighted by atomic mass is 10.0. The maximum atomic E-state index is 4.42. The average molecular weight is 306 g/mol. The largest absolute Gasteiger partial charge is 0.297 e. The van der Waals surface area contributed by atoms with Crippen LogP contribution in [0.3, 0.4) is 0 Å². The highest BCUT2D eigenvalue weighted by Gasteiger charge is 2.18. The lowest BCUT2D eigenvalue weighted by Crippen LogP contribution is -2.32. The first kappa shape index (κ1) is 14.4. The Balaban J connectivity index is 1.60. The highest BCUT2D eigenvalue weighted by molar-refractivity contribution is 5.63. The van der Waals surface area contributed by atoms with Crippen LogP contribution in [0.4, 0.5) is 0 Å². The van der Waals surface area contributed by atoms with E-state index in [2.05, 4.69) is 46.2 Å². The summed E-state index contributed by atoms with van der Waals surface area (Å²) < 4.78 is 1.89. The average Bonchev–Trinajstić information content (AvgIpc) is 3.06. The number of hydrogen-bond donors (Lipinski definition) is 0. The van der Waals surface area contributed by atoms with E-state index in [-0.39, 0.29) is 0 Å². The number of rotatable bonds is 3. The quantitative estimate of drug-likeness (QED) is 0.735. The first-order chi connectivity index (χ1) is 11.3. The second-order valence-corrected chi connectivity index (χ2v) is 6.33. The molecule has 1 aliphatic heterocycles. The Hall–Kier alpha value is -2.20. The summed E-state index contributed by atoms with van der Waals surface area (Å²) in [4.78, 5) is 7.01. The number of benzene rings is 1. The fourth-order valence-corrected chi connectivity index (χ4v) is 3.48. The summed E-state index contributed by atoms with van der Waals surface area (Å²) in [6.45, 7) is 4.76. The molecular weight excluding hydrogens is 284 g/mol. The van der Waals surface area contributed by atoms with Gasteiger partial charge in [0.1, 0.15) is 0 Å². The molecular formula is C19H22N4. The van der Waals surface area contributed by atoms with Crippen molar-refractivity contribution in [2.24, 2.45) is 0 Å². The van der Waals surface area contributed by atoms with E-state index in [0.29, 0.717) is 6.04 Å². The number of imidazole rings is 1. The predicted molar refractivity (Wildman–Crippen MR) is 92.3 cm³/mol. The smallest absolute Gasteiger partial charge is 0.154 e. The molecule has 0 radical (unpaired) electrons. The molecule has 1 aliphatic rings. The van der Waals surface area contributed by atoms with Crippen LogP contribution < -0.4 is 0 Å². The molecule has 0 amide bonds. The summed E-state index contributed by atoms with van der Waals surface area (Å²) in [5, 5.41) is 4.39. The van der Waals surface area contributed by atoms with Crippen molar-refractivity contribution in [3.63, 3.8) is 0 Å². The Bertz CT molecular complexity index is 784. The Labute approximate surface area is 136 Å². The normalized spacial score (nSPS) is 17.4. The molecule has 4 rings (SSSR count). The molecule has 4 heteroatoms. The minimum Gasteiger partial charge on any atom is -0.297 e. The molecule has 0 spiro atoms. The van der Waals surface area contributed by atoms with Crippen molar-refractivity contribution in [2.45, 2.75) is 32.2 Å². The molecule has 0 unspecified atom stereocenters. The third kappa shape index (κ3) is 2.75. The zero-order valence-electron chi connectivity index (χ0n) is 13.5. The lowest BCUT2D eigenvalue weighted by Gasteiger charge is -2.32. The monoisotopic (exact) mass is 306 g/mol. The number of hydrogen-bond acceptors (Lipinski definition) is 3. The highest BCUT2D eigenvalue weighted by Crippen LogP contribution is 2.27. The fourth-order valence-electron chi connectivity index (χ4n) is 3.48. The molecule has 118 valence electrons. The molecule has 4 nitrogen and oxygen atoms in total. The van der Waals surface area contributed by atoms with Crippen molar-refractivity contribution in [3.8, 4) is 11.3 Å². The van der Waals surface area contributed by atoms with E-state index < -0.39 is 0 Å². The zero-order chi connectivity index (χ0) is 15.6. The van der Waals surface area contributed by atoms with Crippen molar-refractivity contribution >= 4 is 5.65 Å². The maximum Gasteiger partial charge on any atom is 0.154 e. The maximum absolute atomic E-state index is 4.42. The van der Waals surface area contributed by atoms with Crippen molar-refractivity contribution in [1.29, 1.82) is 0 Å². The molecule has 0 aliphatic carbocycles. The van der Waals surface area contributed by atoms with Gasteiger partial charge in [0, 0.05) is 17.8 Å². The predicted octanol–water partition coefficient (Wildman–Crippen LogP) is 3.94. The summed E-state index contributed by atoms with van der Waals surface area (Å²) in [5.74, 6) is 0. The molecule has 23 heavy (non-hydrogen) atoms. The second kappa shape index (κ2) is 6.13. The van der Waals surface area contributed by atoms with Gasteiger partial charge in [-0.05, 0) is 50.6 Å². The molecule has 1 atom stereocenters. The molecule has 1 fully saturated rings. The van der Waals surface area contributed by atoms with E-state index in [1.807, 2.05) is 22.8 Å². The van der Waals surface area contributed by atoms with Crippen molar-refractivity contribution in [3.05, 3.63) is 54.4 Å². The summed E-state index contributed by atoms with van der Waals surface area (Å²) in [6, 6.07) is 13.2. The van der Waals surface area contributed by atoms with Gasteiger partial charge in [-0.3, -0.25) is 4.90 Å². The van der Waals surface area contributed by atoms with E-state index in [0.717, 1.165) is 16.9 Å². The van der Waals surface area contributed by atoms with Crippen LogP contribution in [0.15, 0.2) is 48.8 Å². The molecule has 0 bridgehead atoms. The minimum absolute atomic E-state index is 0.490. The van der Waals surface area contributed by atoms with Gasteiger partial charge in [-0.15, -0.1) is 0 Å². The van der Waals surface area contributed by atoms with Crippen LogP contribution in [0.1, 0.15) is 37.8 Å². The number of piperidine rings is 1. The minimum atomic E-state index is 0.490. The van der Waals surface area contributed by atoms with Crippen LogP contribution in [0.2, 0.25) is 0 Å². The molecule has 1 aromatic carbocycles. The van der Waals surface area contributed by atoms with Crippen LogP contribution in [0.5, 0.6) is 0 Å². The topological polar surface area (TPSA) is 33.4 Å². The molecule has 3 heterocycles. The van der Waals surface area contributed by atoms with Crippen LogP contribution in [-0.4, -0.2) is 32.6 Å². The van der Waals surface area contributed by atoms with Gasteiger partial charge in [-0.1, -0.05) is 30.7 Å². The fraction of sp³-hybridized carbons (Fsp3) is 0.368. The SMILES string of the molecule is C[C@@H](c1ccc(-c2cnc3cccnn23)cc1)N1CCCCC1. The van der Waals surface area contributed by atoms with Gasteiger partial charge in [-0.25, -0.2) is 9.50 Å². The Morgan fingerprint density at radius 1 is 1.00 bits per heavy atom. The van der Waals surface area contributed by atoms with E-state index in [1.165, 1.54) is 37.9 Å². The standard InChI is InChI=1S/C19H22N4/c1-15(22-12-3-2-4-13-22)16-7-9-17(10-8-16)18-14-20-19-6-5-11-21-23(18)19/h5-11,14-15H,2-4,12-13H2,1H3/t15-/m0/s1. The van der Waals surface area contributed by atoms with Crippen LogP contribution >= 0.6 is 0 Å². The molecule has 1 saturated heterocycles. The van der Waals surface area contributed by atoms with E-state index in [1.54, 1.807) is 6.20 Å². The van der Waals surface area contributed by atoms with Crippen molar-refractivity contribution in [2.75, 3.05) is 13.1 Å². The third-order valence-electron chi connectivity index (χ3n) is 4.91. The van der Waals surface area contributed by atoms with Crippen LogP contribution in [0, 0.1) is 0 Å². The van der Waals surface area contributed by atoms with Gasteiger partial charge in [0.15, 0.2) is 5.65 Å². The Morgan fingerprint density at radius 3 is 2.57 bits per heavy atom. The van der Waals surface area contributed by atoms with Crippen molar-refractivity contribution in [1.82, 2.24) is 19.5 Å². The molecule has 2 aromatic heterocycles. The summed E-state index contributed by atoms with van der Waals surface area (Å²) in [7, 11) is 0. The number of nitrogens with zero attached hydrogens (tertiary/aromatic N) is 4. The number of aromatic nitrogens is 3. The Morgan fingerprint density at radius 2 is 1.78 bits per heavy atom. The third-order valence-corrected chi connectivity index (χ3v) is 4.91. The van der Waals surface area contributed by atoms with Gasteiger partial charge >= 0.3 is 0 Å². The zero-order valence-corrected chi connectivity index (χ0v) is 13.5. The summed E-state index contributed by atoms with van der Waals surface area (Å²) in [6.07, 6.45) is 7.73.